The van der Waals surface area contributed by atoms with Gasteiger partial charge in [-0.2, -0.15) is 0 Å². The zero-order chi connectivity index (χ0) is 13.8. The van der Waals surface area contributed by atoms with E-state index in [0.717, 1.165) is 25.7 Å². The Labute approximate surface area is 110 Å². The quantitative estimate of drug-likeness (QED) is 0.780. The first-order valence-corrected chi connectivity index (χ1v) is 6.24. The van der Waals surface area contributed by atoms with Gasteiger partial charge in [0, 0.05) is 6.04 Å². The van der Waals surface area contributed by atoms with Gasteiger partial charge in [0.25, 0.3) is 5.91 Å². The van der Waals surface area contributed by atoms with Crippen LogP contribution in [0.2, 0.25) is 0 Å². The number of anilines is 1. The van der Waals surface area contributed by atoms with Crippen molar-refractivity contribution >= 4 is 17.6 Å². The van der Waals surface area contributed by atoms with Crippen LogP contribution in [-0.2, 0) is 0 Å². The highest BCUT2D eigenvalue weighted by Gasteiger charge is 2.22. The summed E-state index contributed by atoms with van der Waals surface area (Å²) in [7, 11) is 0. The molecular formula is C13H16FN3O2. The average Bonchev–Trinajstić information content (AvgIpc) is 2.80. The summed E-state index contributed by atoms with van der Waals surface area (Å²) in [5, 5.41) is 5.04. The molecule has 0 aliphatic heterocycles. The lowest BCUT2D eigenvalue weighted by Crippen LogP contribution is -2.34. The molecule has 0 heterocycles. The zero-order valence-corrected chi connectivity index (χ0v) is 10.4. The van der Waals surface area contributed by atoms with Gasteiger partial charge in [0.05, 0.1) is 11.3 Å². The van der Waals surface area contributed by atoms with Crippen LogP contribution >= 0.6 is 0 Å². The van der Waals surface area contributed by atoms with E-state index in [1.165, 1.54) is 18.2 Å². The standard InChI is InChI=1S/C13H16FN3O2/c14-9-6-3-7-10(17-13(15)19)11(9)12(18)16-8-4-1-2-5-8/h3,6-8H,1-2,4-5H2,(H,16,18)(H3,15,17,19). The Bertz CT molecular complexity index is 499. The number of halogens is 1. The van der Waals surface area contributed by atoms with E-state index < -0.39 is 17.8 Å². The number of primary amides is 1. The molecule has 0 unspecified atom stereocenters. The molecule has 6 heteroatoms. The molecule has 5 nitrogen and oxygen atoms in total. The number of carbonyl (C=O) groups is 2. The van der Waals surface area contributed by atoms with Crippen LogP contribution in [0.15, 0.2) is 18.2 Å². The van der Waals surface area contributed by atoms with Crippen molar-refractivity contribution in [1.82, 2.24) is 5.32 Å². The predicted octanol–water partition coefficient (Wildman–Crippen LogP) is 1.99. The van der Waals surface area contributed by atoms with Crippen molar-refractivity contribution in [1.29, 1.82) is 0 Å². The fraction of sp³-hybridized carbons (Fsp3) is 0.385. The molecule has 0 radical (unpaired) electrons. The van der Waals surface area contributed by atoms with Gasteiger partial charge < -0.3 is 16.4 Å². The van der Waals surface area contributed by atoms with Crippen molar-refractivity contribution < 1.29 is 14.0 Å². The van der Waals surface area contributed by atoms with E-state index in [1.54, 1.807) is 0 Å². The Morgan fingerprint density at radius 1 is 1.26 bits per heavy atom. The van der Waals surface area contributed by atoms with Gasteiger partial charge in [-0.15, -0.1) is 0 Å². The Balaban J connectivity index is 2.21. The second kappa shape index (κ2) is 5.69. The molecule has 4 N–H and O–H groups in total. The van der Waals surface area contributed by atoms with Crippen LogP contribution in [0, 0.1) is 5.82 Å². The number of nitrogens with one attached hydrogen (secondary N) is 2. The Kier molecular flexibility index (Phi) is 3.99. The average molecular weight is 265 g/mol. The number of hydrogen-bond donors (Lipinski definition) is 3. The minimum atomic E-state index is -0.833. The highest BCUT2D eigenvalue weighted by atomic mass is 19.1. The summed E-state index contributed by atoms with van der Waals surface area (Å²) in [6.45, 7) is 0. The molecule has 0 aromatic heterocycles. The monoisotopic (exact) mass is 265 g/mol. The van der Waals surface area contributed by atoms with Crippen molar-refractivity contribution in [2.45, 2.75) is 31.7 Å². The van der Waals surface area contributed by atoms with Gasteiger partial charge in [0.15, 0.2) is 0 Å². The number of rotatable bonds is 3. The highest BCUT2D eigenvalue weighted by Crippen LogP contribution is 2.22. The van der Waals surface area contributed by atoms with Gasteiger partial charge in [-0.25, -0.2) is 9.18 Å². The smallest absolute Gasteiger partial charge is 0.316 e. The lowest BCUT2D eigenvalue weighted by atomic mass is 10.1. The van der Waals surface area contributed by atoms with E-state index in [9.17, 15) is 14.0 Å². The lowest BCUT2D eigenvalue weighted by molar-refractivity contribution is 0.0935. The van der Waals surface area contributed by atoms with Crippen molar-refractivity contribution in [3.05, 3.63) is 29.6 Å². The highest BCUT2D eigenvalue weighted by molar-refractivity contribution is 6.03. The van der Waals surface area contributed by atoms with Crippen LogP contribution in [0.5, 0.6) is 0 Å². The molecule has 1 aliphatic carbocycles. The first kappa shape index (κ1) is 13.3. The second-order valence-corrected chi connectivity index (χ2v) is 4.61. The van der Waals surface area contributed by atoms with Gasteiger partial charge in [0.2, 0.25) is 0 Å². The van der Waals surface area contributed by atoms with Crippen molar-refractivity contribution in [2.75, 3.05) is 5.32 Å². The van der Waals surface area contributed by atoms with Gasteiger partial charge in [-0.1, -0.05) is 18.9 Å². The fourth-order valence-electron chi connectivity index (χ4n) is 2.32. The zero-order valence-electron chi connectivity index (χ0n) is 10.4. The fourth-order valence-corrected chi connectivity index (χ4v) is 2.32. The van der Waals surface area contributed by atoms with Gasteiger partial charge >= 0.3 is 6.03 Å². The molecule has 1 aromatic carbocycles. The largest absolute Gasteiger partial charge is 0.351 e. The number of carbonyl (C=O) groups excluding carboxylic acids is 2. The minimum absolute atomic E-state index is 0.0773. The number of benzene rings is 1. The van der Waals surface area contributed by atoms with E-state index in [0.29, 0.717) is 0 Å². The van der Waals surface area contributed by atoms with Crippen molar-refractivity contribution in [2.24, 2.45) is 5.73 Å². The molecule has 102 valence electrons. The summed E-state index contributed by atoms with van der Waals surface area (Å²) in [4.78, 5) is 22.9. The molecule has 19 heavy (non-hydrogen) atoms. The van der Waals surface area contributed by atoms with Crippen LogP contribution in [0.3, 0.4) is 0 Å². The second-order valence-electron chi connectivity index (χ2n) is 4.61. The van der Waals surface area contributed by atoms with Crippen LogP contribution in [0.25, 0.3) is 0 Å². The molecule has 1 aliphatic rings. The van der Waals surface area contributed by atoms with Crippen LogP contribution < -0.4 is 16.4 Å². The first-order chi connectivity index (χ1) is 9.08. The topological polar surface area (TPSA) is 84.2 Å². The molecule has 0 saturated heterocycles. The van der Waals surface area contributed by atoms with E-state index >= 15 is 0 Å². The van der Waals surface area contributed by atoms with Crippen LogP contribution in [0.4, 0.5) is 14.9 Å². The summed E-state index contributed by atoms with van der Waals surface area (Å²) in [5.74, 6) is -1.20. The van der Waals surface area contributed by atoms with Crippen molar-refractivity contribution in [3.8, 4) is 0 Å². The van der Waals surface area contributed by atoms with E-state index in [-0.39, 0.29) is 17.3 Å². The Hall–Kier alpha value is -2.11. The SMILES string of the molecule is NC(=O)Nc1cccc(F)c1C(=O)NC1CCCC1. The van der Waals surface area contributed by atoms with Gasteiger partial charge in [-0.05, 0) is 25.0 Å². The molecule has 1 aromatic rings. The Morgan fingerprint density at radius 2 is 1.95 bits per heavy atom. The summed E-state index contributed by atoms with van der Waals surface area (Å²) >= 11 is 0. The maximum absolute atomic E-state index is 13.8. The molecule has 0 bridgehead atoms. The molecule has 0 spiro atoms. The first-order valence-electron chi connectivity index (χ1n) is 6.24. The maximum Gasteiger partial charge on any atom is 0.316 e. The summed E-state index contributed by atoms with van der Waals surface area (Å²) in [6.07, 6.45) is 3.93. The third-order valence-corrected chi connectivity index (χ3v) is 3.19. The van der Waals surface area contributed by atoms with Gasteiger partial charge in [0.1, 0.15) is 5.82 Å². The molecule has 1 saturated carbocycles. The van der Waals surface area contributed by atoms with E-state index in [2.05, 4.69) is 10.6 Å². The molecule has 0 atom stereocenters. The number of amides is 3. The molecule has 1 fully saturated rings. The third-order valence-electron chi connectivity index (χ3n) is 3.19. The summed E-state index contributed by atoms with van der Waals surface area (Å²) in [5.41, 5.74) is 4.92. The molecule has 2 rings (SSSR count). The van der Waals surface area contributed by atoms with E-state index in [4.69, 9.17) is 5.73 Å². The van der Waals surface area contributed by atoms with Gasteiger partial charge in [-0.3, -0.25) is 4.79 Å². The Morgan fingerprint density at radius 3 is 2.58 bits per heavy atom. The number of hydrogen-bond acceptors (Lipinski definition) is 2. The lowest BCUT2D eigenvalue weighted by Gasteiger charge is -2.15. The number of nitrogens with two attached hydrogens (primary N) is 1. The van der Waals surface area contributed by atoms with Crippen LogP contribution in [0.1, 0.15) is 36.0 Å². The molecule has 3 amide bonds. The third kappa shape index (κ3) is 3.21. The predicted molar refractivity (Wildman–Crippen MR) is 69.3 cm³/mol. The van der Waals surface area contributed by atoms with Crippen molar-refractivity contribution in [3.63, 3.8) is 0 Å². The van der Waals surface area contributed by atoms with E-state index in [1.807, 2.05) is 0 Å². The summed E-state index contributed by atoms with van der Waals surface area (Å²) in [6, 6.07) is 3.27. The maximum atomic E-state index is 13.8. The number of urea groups is 1. The molecular weight excluding hydrogens is 249 g/mol. The summed E-state index contributed by atoms with van der Waals surface area (Å²) < 4.78 is 13.8. The normalized spacial score (nSPS) is 15.2. The minimum Gasteiger partial charge on any atom is -0.351 e. The van der Waals surface area contributed by atoms with Crippen LogP contribution in [-0.4, -0.2) is 18.0 Å².